The average molecular weight is 364 g/mol. The second-order valence-electron chi connectivity index (χ2n) is 10.3. The summed E-state index contributed by atoms with van der Waals surface area (Å²) in [6.45, 7) is 3.88. The summed E-state index contributed by atoms with van der Waals surface area (Å²) >= 11 is 0. The van der Waals surface area contributed by atoms with Gasteiger partial charge in [-0.1, -0.05) is 6.92 Å². The van der Waals surface area contributed by atoms with Crippen molar-refractivity contribution in [3.8, 4) is 0 Å². The Morgan fingerprint density at radius 1 is 1.00 bits per heavy atom. The van der Waals surface area contributed by atoms with Gasteiger partial charge in [0.25, 0.3) is 0 Å². The first-order valence-corrected chi connectivity index (χ1v) is 10.7. The number of rotatable bonds is 1. The van der Waals surface area contributed by atoms with Crippen LogP contribution in [0.5, 0.6) is 0 Å². The van der Waals surface area contributed by atoms with Crippen LogP contribution in [0.3, 0.4) is 0 Å². The van der Waals surface area contributed by atoms with E-state index in [0.29, 0.717) is 31.0 Å². The summed E-state index contributed by atoms with van der Waals surface area (Å²) in [5.74, 6) is 1.20. The topological polar surface area (TPSA) is 71.5 Å². The number of fused-ring (bicyclic) bond motifs is 4. The molecule has 0 bridgehead atoms. The number of hydrogen-bond acceptors (Lipinski definition) is 5. The molecule has 2 saturated heterocycles. The molecule has 0 aromatic rings. The molecule has 2 N–H and O–H groups in total. The monoisotopic (exact) mass is 364 g/mol. The lowest BCUT2D eigenvalue weighted by atomic mass is 9.44. The van der Waals surface area contributed by atoms with Crippen LogP contribution < -0.4 is 0 Å². The Balaban J connectivity index is 1.37. The molecule has 6 aliphatic rings. The number of ether oxygens (including phenoxy) is 3. The summed E-state index contributed by atoms with van der Waals surface area (Å²) in [6.07, 6.45) is 8.05. The van der Waals surface area contributed by atoms with E-state index in [1.54, 1.807) is 0 Å². The van der Waals surface area contributed by atoms with E-state index in [9.17, 15) is 10.2 Å². The van der Waals surface area contributed by atoms with E-state index in [2.05, 4.69) is 6.92 Å². The highest BCUT2D eigenvalue weighted by Gasteiger charge is 2.79. The Kier molecular flexibility index (Phi) is 3.24. The first-order valence-electron chi connectivity index (χ1n) is 10.7. The SMILES string of the molecule is C[C@]12CC[C@H]3[C@@H](C[C@@H]4O[C@@]45CC4(CC[C@]35CO)OCCO4)[C@@H]1CCC2O. The quantitative estimate of drug-likeness (QED) is 0.698. The van der Waals surface area contributed by atoms with Gasteiger partial charge in [0.15, 0.2) is 5.79 Å². The van der Waals surface area contributed by atoms with E-state index < -0.39 is 5.79 Å². The Morgan fingerprint density at radius 3 is 2.58 bits per heavy atom. The van der Waals surface area contributed by atoms with Crippen LogP contribution in [-0.4, -0.2) is 53.6 Å². The molecular formula is C21H32O5. The minimum absolute atomic E-state index is 0.0697. The average Bonchev–Trinajstić information content (AvgIpc) is 2.97. The molecule has 8 atom stereocenters. The number of hydrogen-bond donors (Lipinski definition) is 2. The van der Waals surface area contributed by atoms with Gasteiger partial charge in [0.05, 0.1) is 32.0 Å². The van der Waals surface area contributed by atoms with E-state index in [-0.39, 0.29) is 35.2 Å². The van der Waals surface area contributed by atoms with Gasteiger partial charge in [0, 0.05) is 18.3 Å². The van der Waals surface area contributed by atoms with Crippen LogP contribution in [-0.2, 0) is 14.2 Å². The van der Waals surface area contributed by atoms with E-state index >= 15 is 0 Å². The predicted molar refractivity (Wildman–Crippen MR) is 93.3 cm³/mol. The van der Waals surface area contributed by atoms with E-state index in [1.165, 1.54) is 0 Å². The molecule has 146 valence electrons. The zero-order valence-corrected chi connectivity index (χ0v) is 15.8. The molecule has 2 aliphatic heterocycles. The van der Waals surface area contributed by atoms with Gasteiger partial charge in [-0.25, -0.2) is 0 Å². The van der Waals surface area contributed by atoms with Crippen molar-refractivity contribution < 1.29 is 24.4 Å². The van der Waals surface area contributed by atoms with E-state index in [1.807, 2.05) is 0 Å². The van der Waals surface area contributed by atoms with Crippen LogP contribution in [0.2, 0.25) is 0 Å². The molecule has 1 unspecified atom stereocenters. The molecule has 5 heteroatoms. The highest BCUT2D eigenvalue weighted by Crippen LogP contribution is 2.74. The molecule has 0 radical (unpaired) electrons. The molecule has 2 spiro atoms. The fraction of sp³-hybridized carbons (Fsp3) is 1.00. The van der Waals surface area contributed by atoms with Crippen molar-refractivity contribution in [2.24, 2.45) is 28.6 Å². The third kappa shape index (κ3) is 1.76. The van der Waals surface area contributed by atoms with Crippen molar-refractivity contribution in [1.29, 1.82) is 0 Å². The molecule has 2 heterocycles. The molecular weight excluding hydrogens is 332 g/mol. The number of epoxide rings is 1. The van der Waals surface area contributed by atoms with Gasteiger partial charge in [-0.2, -0.15) is 0 Å². The maximum absolute atomic E-state index is 10.7. The highest BCUT2D eigenvalue weighted by molar-refractivity contribution is 5.26. The highest BCUT2D eigenvalue weighted by atomic mass is 16.7. The first-order chi connectivity index (χ1) is 12.5. The Morgan fingerprint density at radius 2 is 1.81 bits per heavy atom. The maximum atomic E-state index is 10.7. The normalized spacial score (nSPS) is 59.4. The van der Waals surface area contributed by atoms with Crippen LogP contribution in [0.25, 0.3) is 0 Å². The summed E-state index contributed by atoms with van der Waals surface area (Å²) in [4.78, 5) is 0. The predicted octanol–water partition coefficient (Wildman–Crippen LogP) is 2.24. The van der Waals surface area contributed by atoms with Crippen molar-refractivity contribution in [2.45, 2.75) is 81.9 Å². The molecule has 4 saturated carbocycles. The zero-order chi connectivity index (χ0) is 17.8. The van der Waals surface area contributed by atoms with Gasteiger partial charge in [-0.3, -0.25) is 0 Å². The third-order valence-corrected chi connectivity index (χ3v) is 9.82. The van der Waals surface area contributed by atoms with Gasteiger partial charge >= 0.3 is 0 Å². The minimum atomic E-state index is -0.465. The Labute approximate surface area is 155 Å². The second-order valence-corrected chi connectivity index (χ2v) is 10.3. The van der Waals surface area contributed by atoms with Crippen molar-refractivity contribution in [2.75, 3.05) is 19.8 Å². The molecule has 0 amide bonds. The lowest BCUT2D eigenvalue weighted by Gasteiger charge is -2.60. The lowest BCUT2D eigenvalue weighted by Crippen LogP contribution is -2.63. The number of aliphatic hydroxyl groups is 2. The van der Waals surface area contributed by atoms with Crippen LogP contribution in [0, 0.1) is 28.6 Å². The van der Waals surface area contributed by atoms with Crippen LogP contribution in [0.4, 0.5) is 0 Å². The van der Waals surface area contributed by atoms with Gasteiger partial charge in [-0.15, -0.1) is 0 Å². The molecule has 6 rings (SSSR count). The fourth-order valence-corrected chi connectivity index (χ4v) is 8.44. The smallest absolute Gasteiger partial charge is 0.171 e. The van der Waals surface area contributed by atoms with Gasteiger partial charge < -0.3 is 24.4 Å². The summed E-state index contributed by atoms with van der Waals surface area (Å²) < 4.78 is 18.5. The van der Waals surface area contributed by atoms with Gasteiger partial charge in [0.1, 0.15) is 5.60 Å². The molecule has 6 fully saturated rings. The van der Waals surface area contributed by atoms with Crippen LogP contribution in [0.15, 0.2) is 0 Å². The van der Waals surface area contributed by atoms with E-state index in [0.717, 1.165) is 51.4 Å². The van der Waals surface area contributed by atoms with Crippen LogP contribution >= 0.6 is 0 Å². The summed E-state index contributed by atoms with van der Waals surface area (Å²) in [6, 6.07) is 0. The molecule has 26 heavy (non-hydrogen) atoms. The van der Waals surface area contributed by atoms with Crippen LogP contribution in [0.1, 0.15) is 58.3 Å². The molecule has 0 aromatic heterocycles. The van der Waals surface area contributed by atoms with Crippen molar-refractivity contribution >= 4 is 0 Å². The summed E-state index contributed by atoms with van der Waals surface area (Å²) in [5.41, 5.74) is -0.313. The number of aliphatic hydroxyl groups excluding tert-OH is 2. The standard InChI is InChI=1S/C21H32O5/c1-18-5-4-15-13(14(18)2-3-16(18)23)10-17-21(26-17)11-20(24-8-9-25-20)7-6-19(15,21)12-22/h13-17,22-23H,2-12H2,1H3/t13-,14-,15-,16?,17-,18-,19-,21-/m0/s1. The minimum Gasteiger partial charge on any atom is -0.396 e. The lowest BCUT2D eigenvalue weighted by molar-refractivity contribution is -0.236. The Hall–Kier alpha value is -0.200. The molecule has 5 nitrogen and oxygen atoms in total. The first kappa shape index (κ1) is 16.7. The molecule has 0 aromatic carbocycles. The van der Waals surface area contributed by atoms with Gasteiger partial charge in [-0.05, 0) is 61.7 Å². The summed E-state index contributed by atoms with van der Waals surface area (Å²) in [5, 5.41) is 21.3. The Bertz CT molecular complexity index is 618. The fourth-order valence-electron chi connectivity index (χ4n) is 8.44. The second kappa shape index (κ2) is 5.04. The van der Waals surface area contributed by atoms with Crippen molar-refractivity contribution in [3.63, 3.8) is 0 Å². The molecule has 4 aliphatic carbocycles. The van der Waals surface area contributed by atoms with Gasteiger partial charge in [0.2, 0.25) is 0 Å². The summed E-state index contributed by atoms with van der Waals surface area (Å²) in [7, 11) is 0. The zero-order valence-electron chi connectivity index (χ0n) is 15.8. The van der Waals surface area contributed by atoms with E-state index in [4.69, 9.17) is 14.2 Å². The maximum Gasteiger partial charge on any atom is 0.171 e. The largest absolute Gasteiger partial charge is 0.396 e. The van der Waals surface area contributed by atoms with Crippen molar-refractivity contribution in [1.82, 2.24) is 0 Å². The van der Waals surface area contributed by atoms with Crippen molar-refractivity contribution in [3.05, 3.63) is 0 Å². The third-order valence-electron chi connectivity index (χ3n) is 9.82.